The van der Waals surface area contributed by atoms with Gasteiger partial charge in [-0.2, -0.15) is 0 Å². The lowest BCUT2D eigenvalue weighted by Crippen LogP contribution is -2.29. The zero-order chi connectivity index (χ0) is 7.68. The lowest BCUT2D eigenvalue weighted by molar-refractivity contribution is -0.0149. The number of aliphatic hydroxyl groups is 1. The van der Waals surface area contributed by atoms with Crippen LogP contribution in [0.5, 0.6) is 0 Å². The minimum absolute atomic E-state index is 0.508. The minimum Gasteiger partial charge on any atom is -0.512 e. The summed E-state index contributed by atoms with van der Waals surface area (Å²) < 4.78 is 5.09. The Morgan fingerprint density at radius 2 is 2.09 bits per heavy atom. The Bertz CT molecular complexity index is 212. The van der Waals surface area contributed by atoms with Gasteiger partial charge in [0.2, 0.25) is 0 Å². The van der Waals surface area contributed by atoms with Gasteiger partial charge in [0, 0.05) is 12.3 Å². The maximum atomic E-state index is 9.08. The third kappa shape index (κ3) is 1.31. The fourth-order valence-corrected chi connectivity index (χ4v) is 1.43. The summed E-state index contributed by atoms with van der Waals surface area (Å²) in [4.78, 5) is 0. The number of hydrogen-bond acceptors (Lipinski definition) is 2. The van der Waals surface area contributed by atoms with Crippen molar-refractivity contribution in [1.82, 2.24) is 0 Å². The van der Waals surface area contributed by atoms with Gasteiger partial charge in [0.15, 0.2) is 0 Å². The van der Waals surface area contributed by atoms with Crippen LogP contribution in [0.15, 0.2) is 23.5 Å². The Hall–Kier alpha value is -0.760. The second kappa shape index (κ2) is 2.70. The van der Waals surface area contributed by atoms with Crippen LogP contribution in [0.3, 0.4) is 0 Å². The van der Waals surface area contributed by atoms with E-state index in [0.717, 1.165) is 26.1 Å². The van der Waals surface area contributed by atoms with Crippen LogP contribution >= 0.6 is 0 Å². The quantitative estimate of drug-likeness (QED) is 0.620. The van der Waals surface area contributed by atoms with E-state index in [-0.39, 0.29) is 0 Å². The van der Waals surface area contributed by atoms with Crippen molar-refractivity contribution in [1.29, 1.82) is 0 Å². The summed E-state index contributed by atoms with van der Waals surface area (Å²) in [5.74, 6) is 1.15. The largest absolute Gasteiger partial charge is 0.512 e. The zero-order valence-corrected chi connectivity index (χ0v) is 6.42. The molecule has 0 amide bonds. The maximum Gasteiger partial charge on any atom is 0.0925 e. The predicted octanol–water partition coefficient (Wildman–Crippen LogP) is 1.79. The molecule has 2 aliphatic rings. The van der Waals surface area contributed by atoms with Crippen molar-refractivity contribution in [3.8, 4) is 0 Å². The van der Waals surface area contributed by atoms with E-state index in [4.69, 9.17) is 9.84 Å². The highest BCUT2D eigenvalue weighted by molar-refractivity contribution is 5.23. The van der Waals surface area contributed by atoms with Crippen LogP contribution in [0, 0.1) is 5.92 Å². The van der Waals surface area contributed by atoms with Crippen LogP contribution in [0.1, 0.15) is 12.8 Å². The molecule has 2 rings (SSSR count). The fraction of sp³-hybridized carbons (Fsp3) is 0.556. The number of hydrogen-bond donors (Lipinski definition) is 1. The van der Waals surface area contributed by atoms with Crippen molar-refractivity contribution in [2.75, 3.05) is 13.2 Å². The highest BCUT2D eigenvalue weighted by Crippen LogP contribution is 2.27. The molecule has 60 valence electrons. The molecule has 0 aromatic heterocycles. The molecule has 1 N–H and O–H groups in total. The molecule has 0 bridgehead atoms. The number of ether oxygens (including phenoxy) is 1. The molecule has 1 aliphatic heterocycles. The second-order valence-corrected chi connectivity index (χ2v) is 3.13. The summed E-state index contributed by atoms with van der Waals surface area (Å²) in [7, 11) is 0. The molecule has 0 saturated carbocycles. The van der Waals surface area contributed by atoms with E-state index in [1.165, 1.54) is 5.57 Å². The van der Waals surface area contributed by atoms with Crippen LogP contribution in [0.4, 0.5) is 0 Å². The van der Waals surface area contributed by atoms with E-state index in [9.17, 15) is 0 Å². The van der Waals surface area contributed by atoms with Crippen LogP contribution in [-0.2, 0) is 4.74 Å². The Kier molecular flexibility index (Phi) is 1.70. The Morgan fingerprint density at radius 1 is 1.27 bits per heavy atom. The monoisotopic (exact) mass is 152 g/mol. The van der Waals surface area contributed by atoms with E-state index in [2.05, 4.69) is 0 Å². The first-order chi connectivity index (χ1) is 5.36. The number of aliphatic hydroxyl groups excluding tert-OH is 1. The smallest absolute Gasteiger partial charge is 0.0925 e. The Morgan fingerprint density at radius 3 is 2.55 bits per heavy atom. The van der Waals surface area contributed by atoms with Gasteiger partial charge in [-0.3, -0.25) is 0 Å². The van der Waals surface area contributed by atoms with Crippen molar-refractivity contribution in [2.24, 2.45) is 5.92 Å². The van der Waals surface area contributed by atoms with E-state index < -0.39 is 0 Å². The van der Waals surface area contributed by atoms with Crippen LogP contribution in [-0.4, -0.2) is 18.3 Å². The minimum atomic E-state index is 0.508. The fourth-order valence-electron chi connectivity index (χ4n) is 1.43. The third-order valence-corrected chi connectivity index (χ3v) is 2.32. The second-order valence-electron chi connectivity index (χ2n) is 3.13. The average molecular weight is 152 g/mol. The van der Waals surface area contributed by atoms with Crippen molar-refractivity contribution in [2.45, 2.75) is 12.8 Å². The summed E-state index contributed by atoms with van der Waals surface area (Å²) in [5.41, 5.74) is 1.44. The van der Waals surface area contributed by atoms with Crippen molar-refractivity contribution >= 4 is 0 Å². The molecule has 2 heteroatoms. The van der Waals surface area contributed by atoms with E-state index in [0.29, 0.717) is 11.7 Å². The van der Waals surface area contributed by atoms with Gasteiger partial charge in [-0.1, -0.05) is 11.6 Å². The number of allylic oxidation sites excluding steroid dienone is 3. The molecule has 2 nitrogen and oxygen atoms in total. The average Bonchev–Trinajstić information content (AvgIpc) is 1.90. The van der Waals surface area contributed by atoms with E-state index >= 15 is 0 Å². The zero-order valence-electron chi connectivity index (χ0n) is 6.42. The molecular formula is C9H12O2. The summed E-state index contributed by atoms with van der Waals surface area (Å²) >= 11 is 0. The molecule has 0 aromatic carbocycles. The molecule has 1 heterocycles. The van der Waals surface area contributed by atoms with Crippen LogP contribution < -0.4 is 0 Å². The molecule has 0 spiro atoms. The molecule has 1 fully saturated rings. The van der Waals surface area contributed by atoms with Gasteiger partial charge in [-0.25, -0.2) is 0 Å². The lowest BCUT2D eigenvalue weighted by atomic mass is 9.90. The van der Waals surface area contributed by atoms with E-state index in [1.807, 2.05) is 6.08 Å². The molecular weight excluding hydrogens is 140 g/mol. The van der Waals surface area contributed by atoms with Crippen molar-refractivity contribution in [3.63, 3.8) is 0 Å². The third-order valence-electron chi connectivity index (χ3n) is 2.32. The first kappa shape index (κ1) is 6.92. The summed E-state index contributed by atoms with van der Waals surface area (Å²) in [6, 6.07) is 0. The molecule has 1 aliphatic carbocycles. The molecule has 0 atom stereocenters. The lowest BCUT2D eigenvalue weighted by Gasteiger charge is -2.29. The molecule has 0 unspecified atom stereocenters. The molecule has 11 heavy (non-hydrogen) atoms. The summed E-state index contributed by atoms with van der Waals surface area (Å²) in [6.07, 6.45) is 5.65. The van der Waals surface area contributed by atoms with E-state index in [1.54, 1.807) is 6.08 Å². The maximum absolute atomic E-state index is 9.08. The van der Waals surface area contributed by atoms with Gasteiger partial charge in [-0.05, 0) is 12.5 Å². The van der Waals surface area contributed by atoms with Gasteiger partial charge < -0.3 is 9.84 Å². The highest BCUT2D eigenvalue weighted by Gasteiger charge is 2.23. The van der Waals surface area contributed by atoms with Gasteiger partial charge >= 0.3 is 0 Å². The van der Waals surface area contributed by atoms with Crippen molar-refractivity contribution < 1.29 is 9.84 Å². The SMILES string of the molecule is OC1=CC=C(C2COC2)CC1. The molecule has 0 radical (unpaired) electrons. The topological polar surface area (TPSA) is 29.5 Å². The predicted molar refractivity (Wildman–Crippen MR) is 42.3 cm³/mol. The standard InChI is InChI=1S/C9H12O2/c10-9-3-1-7(2-4-9)8-5-11-6-8/h1,3,8,10H,2,4-6H2. The number of rotatable bonds is 1. The van der Waals surface area contributed by atoms with Crippen molar-refractivity contribution in [3.05, 3.63) is 23.5 Å². The van der Waals surface area contributed by atoms with Crippen LogP contribution in [0.2, 0.25) is 0 Å². The van der Waals surface area contributed by atoms with Gasteiger partial charge in [0.25, 0.3) is 0 Å². The van der Waals surface area contributed by atoms with Crippen LogP contribution in [0.25, 0.3) is 0 Å². The normalized spacial score (nSPS) is 25.5. The van der Waals surface area contributed by atoms with Gasteiger partial charge in [0.1, 0.15) is 0 Å². The Labute approximate surface area is 66.2 Å². The highest BCUT2D eigenvalue weighted by atomic mass is 16.5. The summed E-state index contributed by atoms with van der Waals surface area (Å²) in [5, 5.41) is 9.08. The summed E-state index contributed by atoms with van der Waals surface area (Å²) in [6.45, 7) is 1.75. The molecule has 1 saturated heterocycles. The molecule has 0 aromatic rings. The first-order valence-corrected chi connectivity index (χ1v) is 4.02. The van der Waals surface area contributed by atoms with Gasteiger partial charge in [-0.15, -0.1) is 0 Å². The Balaban J connectivity index is 2.03. The van der Waals surface area contributed by atoms with Gasteiger partial charge in [0.05, 0.1) is 19.0 Å². The first-order valence-electron chi connectivity index (χ1n) is 4.02.